The maximum absolute atomic E-state index is 4.65. The van der Waals surface area contributed by atoms with Gasteiger partial charge in [-0.3, -0.25) is 4.99 Å². The van der Waals surface area contributed by atoms with Crippen LogP contribution in [0.4, 0.5) is 5.69 Å². The van der Waals surface area contributed by atoms with E-state index in [4.69, 9.17) is 0 Å². The third-order valence-electron chi connectivity index (χ3n) is 4.04. The van der Waals surface area contributed by atoms with Crippen LogP contribution in [-0.4, -0.2) is 43.5 Å². The molecule has 0 bridgehead atoms. The van der Waals surface area contributed by atoms with Gasteiger partial charge in [0, 0.05) is 25.3 Å². The Bertz CT molecular complexity index is 471. The molecule has 1 aliphatic rings. The molecule has 0 N–H and O–H groups in total. The second-order valence-electron chi connectivity index (χ2n) is 5.11. The average Bonchev–Trinajstić information content (AvgIpc) is 2.87. The zero-order chi connectivity index (χ0) is 13.8. The molecule has 20 heavy (non-hydrogen) atoms. The van der Waals surface area contributed by atoms with Crippen molar-refractivity contribution in [3.05, 3.63) is 29.3 Å². The number of likely N-dealkylation sites (N-methyl/N-ethyl adjacent to an activating group) is 2. The highest BCUT2D eigenvalue weighted by Gasteiger charge is 2.18. The Morgan fingerprint density at radius 1 is 1.25 bits per heavy atom. The molecular formula is C16H26ClN3. The predicted molar refractivity (Wildman–Crippen MR) is 90.6 cm³/mol. The molecular weight excluding hydrogens is 270 g/mol. The van der Waals surface area contributed by atoms with Crippen molar-refractivity contribution >= 4 is 23.9 Å². The van der Waals surface area contributed by atoms with Gasteiger partial charge in [-0.2, -0.15) is 0 Å². The highest BCUT2D eigenvalue weighted by Crippen LogP contribution is 2.23. The summed E-state index contributed by atoms with van der Waals surface area (Å²) < 4.78 is 0. The second kappa shape index (κ2) is 7.53. The molecule has 0 fully saturated rings. The van der Waals surface area contributed by atoms with E-state index in [0.29, 0.717) is 0 Å². The molecule has 0 spiro atoms. The first-order valence-corrected chi connectivity index (χ1v) is 7.26. The van der Waals surface area contributed by atoms with Crippen molar-refractivity contribution < 1.29 is 0 Å². The molecule has 4 heteroatoms. The summed E-state index contributed by atoms with van der Waals surface area (Å²) in [4.78, 5) is 9.46. The number of benzene rings is 1. The van der Waals surface area contributed by atoms with E-state index in [9.17, 15) is 0 Å². The smallest absolute Gasteiger partial charge is 0.119 e. The number of hydrogen-bond donors (Lipinski definition) is 0. The van der Waals surface area contributed by atoms with Gasteiger partial charge < -0.3 is 9.80 Å². The molecule has 0 saturated heterocycles. The number of rotatable bonds is 5. The molecule has 3 nitrogen and oxygen atoms in total. The van der Waals surface area contributed by atoms with Crippen LogP contribution in [0.25, 0.3) is 0 Å². The number of amidine groups is 1. The van der Waals surface area contributed by atoms with Crippen LogP contribution >= 0.6 is 12.4 Å². The zero-order valence-corrected chi connectivity index (χ0v) is 13.8. The number of halogens is 1. The van der Waals surface area contributed by atoms with Crippen LogP contribution in [0, 0.1) is 13.8 Å². The molecule has 112 valence electrons. The van der Waals surface area contributed by atoms with Crippen molar-refractivity contribution in [3.63, 3.8) is 0 Å². The minimum atomic E-state index is 0. The summed E-state index contributed by atoms with van der Waals surface area (Å²) in [5, 5.41) is 0. The van der Waals surface area contributed by atoms with Gasteiger partial charge in [-0.1, -0.05) is 12.1 Å². The normalized spacial score (nSPS) is 14.0. The molecule has 1 aliphatic heterocycles. The quantitative estimate of drug-likeness (QED) is 0.830. The molecule has 0 radical (unpaired) electrons. The number of aryl methyl sites for hydroxylation is 1. The number of nitrogens with zero attached hydrogens (tertiary/aromatic N) is 3. The van der Waals surface area contributed by atoms with Gasteiger partial charge in [-0.15, -0.1) is 12.4 Å². The fourth-order valence-electron chi connectivity index (χ4n) is 2.64. The maximum Gasteiger partial charge on any atom is 0.119 e. The fraction of sp³-hybridized carbons (Fsp3) is 0.562. The van der Waals surface area contributed by atoms with E-state index in [1.165, 1.54) is 22.6 Å². The van der Waals surface area contributed by atoms with Crippen LogP contribution in [-0.2, 0) is 0 Å². The summed E-state index contributed by atoms with van der Waals surface area (Å²) in [5.41, 5.74) is 4.08. The second-order valence-corrected chi connectivity index (χ2v) is 5.11. The lowest BCUT2D eigenvalue weighted by Crippen LogP contribution is -2.38. The Morgan fingerprint density at radius 2 is 2.00 bits per heavy atom. The summed E-state index contributed by atoms with van der Waals surface area (Å²) in [6, 6.07) is 6.55. The van der Waals surface area contributed by atoms with Crippen molar-refractivity contribution in [3.8, 4) is 0 Å². The molecule has 1 heterocycles. The minimum absolute atomic E-state index is 0. The topological polar surface area (TPSA) is 18.8 Å². The highest BCUT2D eigenvalue weighted by molar-refractivity contribution is 5.88. The number of anilines is 1. The summed E-state index contributed by atoms with van der Waals surface area (Å²) in [6.07, 6.45) is 0. The van der Waals surface area contributed by atoms with Crippen molar-refractivity contribution in [2.24, 2.45) is 4.99 Å². The SMILES string of the molecule is CCN1CCN=C1CN(CC)c1cccc(C)c1C.Cl. The van der Waals surface area contributed by atoms with Gasteiger partial charge in [0.2, 0.25) is 0 Å². The summed E-state index contributed by atoms with van der Waals surface area (Å²) >= 11 is 0. The van der Waals surface area contributed by atoms with Crippen LogP contribution in [0.3, 0.4) is 0 Å². The van der Waals surface area contributed by atoms with Gasteiger partial charge in [-0.25, -0.2) is 0 Å². The van der Waals surface area contributed by atoms with Crippen LogP contribution < -0.4 is 4.90 Å². The summed E-state index contributed by atoms with van der Waals surface area (Å²) in [7, 11) is 0. The predicted octanol–water partition coefficient (Wildman–Crippen LogP) is 3.29. The maximum atomic E-state index is 4.65. The first kappa shape index (κ1) is 16.8. The van der Waals surface area contributed by atoms with E-state index in [1.54, 1.807) is 0 Å². The summed E-state index contributed by atoms with van der Waals surface area (Å²) in [6.45, 7) is 13.8. The molecule has 0 atom stereocenters. The molecule has 1 aromatic rings. The third-order valence-corrected chi connectivity index (χ3v) is 4.04. The van der Waals surface area contributed by atoms with Crippen LogP contribution in [0.5, 0.6) is 0 Å². The van der Waals surface area contributed by atoms with E-state index < -0.39 is 0 Å². The zero-order valence-electron chi connectivity index (χ0n) is 13.0. The van der Waals surface area contributed by atoms with Crippen LogP contribution in [0.1, 0.15) is 25.0 Å². The Balaban J connectivity index is 0.00000200. The monoisotopic (exact) mass is 295 g/mol. The first-order chi connectivity index (χ1) is 9.17. The highest BCUT2D eigenvalue weighted by atomic mass is 35.5. The van der Waals surface area contributed by atoms with Gasteiger partial charge in [0.15, 0.2) is 0 Å². The largest absolute Gasteiger partial charge is 0.364 e. The summed E-state index contributed by atoms with van der Waals surface area (Å²) in [5.74, 6) is 1.24. The Morgan fingerprint density at radius 3 is 2.65 bits per heavy atom. The molecule has 2 rings (SSSR count). The van der Waals surface area contributed by atoms with Gasteiger partial charge in [0.1, 0.15) is 5.84 Å². The molecule has 0 amide bonds. The van der Waals surface area contributed by atoms with Crippen molar-refractivity contribution in [2.75, 3.05) is 37.6 Å². The molecule has 0 saturated carbocycles. The molecule has 0 aliphatic carbocycles. The van der Waals surface area contributed by atoms with Gasteiger partial charge in [-0.05, 0) is 44.9 Å². The van der Waals surface area contributed by atoms with Gasteiger partial charge in [0.05, 0.1) is 13.1 Å². The van der Waals surface area contributed by atoms with Crippen LogP contribution in [0.2, 0.25) is 0 Å². The lowest BCUT2D eigenvalue weighted by Gasteiger charge is -2.28. The lowest BCUT2D eigenvalue weighted by atomic mass is 10.1. The number of hydrogen-bond acceptors (Lipinski definition) is 3. The lowest BCUT2D eigenvalue weighted by molar-refractivity contribution is 0.477. The van der Waals surface area contributed by atoms with E-state index in [-0.39, 0.29) is 12.4 Å². The average molecular weight is 296 g/mol. The standard InChI is InChI=1S/C16H25N3.ClH/c1-5-18-11-10-17-16(18)12-19(6-2)15-9-7-8-13(3)14(15)4;/h7-9H,5-6,10-12H2,1-4H3;1H. The van der Waals surface area contributed by atoms with Gasteiger partial charge >= 0.3 is 0 Å². The van der Waals surface area contributed by atoms with E-state index in [2.05, 4.69) is 60.7 Å². The molecule has 0 aromatic heterocycles. The van der Waals surface area contributed by atoms with E-state index >= 15 is 0 Å². The van der Waals surface area contributed by atoms with Crippen molar-refractivity contribution in [1.29, 1.82) is 0 Å². The minimum Gasteiger partial charge on any atom is -0.364 e. The van der Waals surface area contributed by atoms with Crippen LogP contribution in [0.15, 0.2) is 23.2 Å². The molecule has 0 unspecified atom stereocenters. The number of aliphatic imine (C=N–C) groups is 1. The molecule has 1 aromatic carbocycles. The first-order valence-electron chi connectivity index (χ1n) is 7.26. The van der Waals surface area contributed by atoms with Crippen molar-refractivity contribution in [1.82, 2.24) is 4.90 Å². The van der Waals surface area contributed by atoms with E-state index in [0.717, 1.165) is 32.7 Å². The fourth-order valence-corrected chi connectivity index (χ4v) is 2.64. The Hall–Kier alpha value is -1.22. The van der Waals surface area contributed by atoms with Gasteiger partial charge in [0.25, 0.3) is 0 Å². The van der Waals surface area contributed by atoms with E-state index in [1.807, 2.05) is 0 Å². The Labute approximate surface area is 129 Å². The van der Waals surface area contributed by atoms with Crippen molar-refractivity contribution in [2.45, 2.75) is 27.7 Å². The third kappa shape index (κ3) is 3.45. The Kier molecular flexibility index (Phi) is 6.34.